The predicted octanol–water partition coefficient (Wildman–Crippen LogP) is 10.7. The van der Waals surface area contributed by atoms with Gasteiger partial charge in [0.05, 0.1) is 11.4 Å². The molecule has 3 heterocycles. The van der Waals surface area contributed by atoms with Crippen LogP contribution in [-0.2, 0) is 85.0 Å². The number of carbonyl (C=O) groups excluding carboxylic acids is 6. The predicted molar refractivity (Wildman–Crippen MR) is 325 cm³/mol. The van der Waals surface area contributed by atoms with Crippen molar-refractivity contribution in [3.8, 4) is 24.3 Å². The highest BCUT2D eigenvalue weighted by molar-refractivity contribution is 8.20. The second-order valence-corrected chi connectivity index (χ2v) is 22.8. The molecular formula is C66H44N8O10S3. The Bertz CT molecular complexity index is 4030. The van der Waals surface area contributed by atoms with E-state index in [1.807, 2.05) is 24.3 Å². The maximum Gasteiger partial charge on any atom is 0.334 e. The smallest absolute Gasteiger partial charge is 0.334 e. The Morgan fingerprint density at radius 3 is 1.05 bits per heavy atom. The summed E-state index contributed by atoms with van der Waals surface area (Å²) in [6.45, 7) is 2.16. The van der Waals surface area contributed by atoms with E-state index in [1.165, 1.54) is 33.3 Å². The number of fused-ring (bicyclic) bond motifs is 5. The molecule has 2 aliphatic heterocycles. The lowest BCUT2D eigenvalue weighted by Gasteiger charge is -2.28. The van der Waals surface area contributed by atoms with Gasteiger partial charge in [-0.05, 0) is 118 Å². The van der Waals surface area contributed by atoms with Crippen molar-refractivity contribution in [1.29, 1.82) is 21.0 Å². The van der Waals surface area contributed by atoms with Gasteiger partial charge in [-0.15, -0.1) is 11.3 Å². The fourth-order valence-electron chi connectivity index (χ4n) is 10.5. The average molecular weight is 1210 g/mol. The van der Waals surface area contributed by atoms with Gasteiger partial charge < -0.3 is 18.9 Å². The van der Waals surface area contributed by atoms with Crippen molar-refractivity contribution in [3.05, 3.63) is 223 Å². The minimum absolute atomic E-state index is 0.0176. The van der Waals surface area contributed by atoms with Gasteiger partial charge in [-0.2, -0.15) is 21.0 Å². The molecule has 4 aliphatic rings. The van der Waals surface area contributed by atoms with Crippen LogP contribution >= 0.6 is 34.9 Å². The van der Waals surface area contributed by atoms with E-state index in [0.29, 0.717) is 53.6 Å². The summed E-state index contributed by atoms with van der Waals surface area (Å²) in [6.07, 6.45) is 2.98. The van der Waals surface area contributed by atoms with Gasteiger partial charge in [0.25, 0.3) is 11.8 Å². The zero-order chi connectivity index (χ0) is 61.0. The minimum atomic E-state index is -2.57. The molecule has 1 aromatic heterocycles. The van der Waals surface area contributed by atoms with Crippen LogP contribution in [0.2, 0.25) is 0 Å². The standard InChI is InChI=1S/C66H44N8O10S3/c1-3-73-57(75)55(86-59(73)45(31-67)32-68)71-53-27-43-25-51-47(29-49(43)65(53,61(77)81-35-39-17-9-5-10-18-39)62(78)82-36-40-19-11-6-12-20-40)48-30-50-44(26-52(48)85-51)28-54(72-56-58(76)74(4-2)60(87-56)46(33-69)34-70)66(50,63(79)83-37-41-21-13-7-14-22-41)64(80)84-38-42-23-15-8-16-24-42/h5-30H,3-4,35-38H2,1-2H3. The van der Waals surface area contributed by atoms with Crippen LogP contribution in [0, 0.1) is 45.3 Å². The molecule has 0 radical (unpaired) electrons. The normalized spacial score (nSPS) is 16.1. The molecule has 2 amide bonds. The highest BCUT2D eigenvalue weighted by Crippen LogP contribution is 2.53. The number of carbonyl (C=O) groups is 6. The Hall–Kier alpha value is -10.7. The Morgan fingerprint density at radius 2 is 0.770 bits per heavy atom. The number of hydrogen-bond donors (Lipinski definition) is 0. The number of esters is 4. The van der Waals surface area contributed by atoms with Gasteiger partial charge >= 0.3 is 23.9 Å². The largest absolute Gasteiger partial charge is 0.459 e. The monoisotopic (exact) mass is 1200 g/mol. The summed E-state index contributed by atoms with van der Waals surface area (Å²) in [5.41, 5.74) is -3.35. The number of thioether (sulfide) groups is 2. The maximum absolute atomic E-state index is 15.6. The summed E-state index contributed by atoms with van der Waals surface area (Å²) >= 11 is 2.77. The number of nitriles is 4. The SMILES string of the molecule is CCN1C(=O)C(=NC2=Cc3cc4sc5cc6c(cc5c4cc3C2(C(=O)OCc2ccccc2)C(=O)OCc2ccccc2)C(C(=O)OCc2ccccc2)(C(=O)OCc2ccccc2)C(N=C2SC(=C(C#N)C#N)N(CC)C2=O)=C6)SC1=C(C#N)C#N. The molecule has 0 spiro atoms. The fourth-order valence-corrected chi connectivity index (χ4v) is 13.7. The Labute approximate surface area is 509 Å². The first-order valence-corrected chi connectivity index (χ1v) is 29.4. The molecule has 0 bridgehead atoms. The van der Waals surface area contributed by atoms with E-state index in [2.05, 4.69) is 0 Å². The van der Waals surface area contributed by atoms with E-state index >= 15 is 19.2 Å². The molecule has 2 aliphatic carbocycles. The van der Waals surface area contributed by atoms with Crippen LogP contribution in [0.5, 0.6) is 0 Å². The fraction of sp³-hybridized carbons (Fsp3) is 0.152. The van der Waals surface area contributed by atoms with Crippen molar-refractivity contribution in [2.45, 2.75) is 51.1 Å². The van der Waals surface area contributed by atoms with Crippen molar-refractivity contribution in [1.82, 2.24) is 9.80 Å². The number of aliphatic imine (C=N–C) groups is 2. The third kappa shape index (κ3) is 10.4. The van der Waals surface area contributed by atoms with E-state index in [-0.39, 0.29) is 93.3 Å². The number of amides is 2. The lowest BCUT2D eigenvalue weighted by molar-refractivity contribution is -0.166. The second-order valence-electron chi connectivity index (χ2n) is 19.7. The van der Waals surface area contributed by atoms with Gasteiger partial charge in [-0.3, -0.25) is 38.6 Å². The maximum atomic E-state index is 15.6. The highest BCUT2D eigenvalue weighted by atomic mass is 32.2. The summed E-state index contributed by atoms with van der Waals surface area (Å²) < 4.78 is 25.7. The molecule has 2 fully saturated rings. The molecule has 2 saturated heterocycles. The van der Waals surface area contributed by atoms with Crippen LogP contribution in [0.3, 0.4) is 0 Å². The van der Waals surface area contributed by atoms with Crippen molar-refractivity contribution >= 4 is 113 Å². The summed E-state index contributed by atoms with van der Waals surface area (Å²) in [5, 5.41) is 40.0. The molecule has 426 valence electrons. The topological polar surface area (TPSA) is 266 Å². The molecule has 11 rings (SSSR count). The molecule has 0 N–H and O–H groups in total. The molecule has 0 atom stereocenters. The van der Waals surface area contributed by atoms with Crippen LogP contribution in [0.25, 0.3) is 32.3 Å². The highest BCUT2D eigenvalue weighted by Gasteiger charge is 2.60. The third-order valence-electron chi connectivity index (χ3n) is 14.7. The van der Waals surface area contributed by atoms with Gasteiger partial charge in [0.15, 0.2) is 21.2 Å². The number of ether oxygens (including phenoxy) is 4. The molecule has 0 saturated carbocycles. The average Bonchev–Trinajstić information content (AvgIpc) is 1.60. The van der Waals surface area contributed by atoms with Crippen LogP contribution in [0.4, 0.5) is 0 Å². The number of thiophene rings is 1. The second kappa shape index (κ2) is 24.5. The van der Waals surface area contributed by atoms with E-state index in [9.17, 15) is 30.6 Å². The first-order valence-electron chi connectivity index (χ1n) is 26.9. The molecule has 87 heavy (non-hydrogen) atoms. The summed E-state index contributed by atoms with van der Waals surface area (Å²) in [7, 11) is 0. The van der Waals surface area contributed by atoms with E-state index in [4.69, 9.17) is 28.9 Å². The number of nitrogens with zero attached hydrogens (tertiary/aromatic N) is 8. The van der Waals surface area contributed by atoms with Gasteiger partial charge in [-0.1, -0.05) is 121 Å². The van der Waals surface area contributed by atoms with E-state index < -0.39 is 46.5 Å². The number of benzene rings is 6. The number of rotatable bonds is 16. The molecular weight excluding hydrogens is 1160 g/mol. The number of hydrogen-bond acceptors (Lipinski definition) is 19. The van der Waals surface area contributed by atoms with Gasteiger partial charge in [0.1, 0.15) is 60.8 Å². The molecule has 0 unspecified atom stereocenters. The molecule has 7 aromatic rings. The van der Waals surface area contributed by atoms with Gasteiger partial charge in [0.2, 0.25) is 10.8 Å². The first kappa shape index (κ1) is 58.1. The van der Waals surface area contributed by atoms with Crippen molar-refractivity contribution in [3.63, 3.8) is 0 Å². The quantitative estimate of drug-likeness (QED) is 0.0377. The van der Waals surface area contributed by atoms with Crippen molar-refractivity contribution in [2.24, 2.45) is 9.98 Å². The van der Waals surface area contributed by atoms with Gasteiger partial charge in [0, 0.05) is 33.3 Å². The number of allylic oxidation sites excluding steroid dienone is 2. The lowest BCUT2D eigenvalue weighted by Crippen LogP contribution is -2.46. The molecule has 18 nitrogen and oxygen atoms in total. The van der Waals surface area contributed by atoms with Crippen LogP contribution in [0.1, 0.15) is 58.4 Å². The van der Waals surface area contributed by atoms with E-state index in [0.717, 1.165) is 23.5 Å². The lowest BCUT2D eigenvalue weighted by atomic mass is 9.78. The van der Waals surface area contributed by atoms with E-state index in [1.54, 1.807) is 159 Å². The van der Waals surface area contributed by atoms with Crippen molar-refractivity contribution in [2.75, 3.05) is 13.1 Å². The van der Waals surface area contributed by atoms with Crippen LogP contribution < -0.4 is 0 Å². The molecule has 6 aromatic carbocycles. The summed E-state index contributed by atoms with van der Waals surface area (Å²) in [5.74, 6) is -5.85. The Kier molecular flexibility index (Phi) is 16.4. The Balaban J connectivity index is 1.14. The van der Waals surface area contributed by atoms with Crippen LogP contribution in [-0.4, -0.2) is 68.7 Å². The minimum Gasteiger partial charge on any atom is -0.459 e. The first-order chi connectivity index (χ1) is 42.3. The Morgan fingerprint density at radius 1 is 0.471 bits per heavy atom. The zero-order valence-corrected chi connectivity index (χ0v) is 48.6. The summed E-state index contributed by atoms with van der Waals surface area (Å²) in [6, 6.07) is 49.1. The molecule has 21 heteroatoms. The third-order valence-corrected chi connectivity index (χ3v) is 18.0. The van der Waals surface area contributed by atoms with Crippen molar-refractivity contribution < 1.29 is 47.7 Å². The van der Waals surface area contributed by atoms with Crippen LogP contribution in [0.15, 0.2) is 188 Å². The van der Waals surface area contributed by atoms with Gasteiger partial charge in [-0.25, -0.2) is 9.98 Å². The zero-order valence-electron chi connectivity index (χ0n) is 46.1. The summed E-state index contributed by atoms with van der Waals surface area (Å²) in [4.78, 5) is 103.